The SMILES string of the molecule is O=C(Cn1cc(C(=O)O)ccc1=O)Nc1ccc(F)cc1Cl. The van der Waals surface area contributed by atoms with Gasteiger partial charge in [0, 0.05) is 12.3 Å². The number of aromatic carboxylic acids is 1. The van der Waals surface area contributed by atoms with E-state index >= 15 is 0 Å². The molecule has 0 radical (unpaired) electrons. The predicted octanol–water partition coefficient (Wildman–Crippen LogP) is 1.98. The smallest absolute Gasteiger partial charge is 0.337 e. The van der Waals surface area contributed by atoms with E-state index in [4.69, 9.17) is 16.7 Å². The molecule has 6 nitrogen and oxygen atoms in total. The molecule has 1 aromatic heterocycles. The number of hydrogen-bond acceptors (Lipinski definition) is 3. The third kappa shape index (κ3) is 3.70. The minimum absolute atomic E-state index is 0.0139. The van der Waals surface area contributed by atoms with Crippen LogP contribution >= 0.6 is 11.6 Å². The van der Waals surface area contributed by atoms with Crippen molar-refractivity contribution in [3.63, 3.8) is 0 Å². The van der Waals surface area contributed by atoms with Gasteiger partial charge in [0.15, 0.2) is 0 Å². The molecule has 2 N–H and O–H groups in total. The van der Waals surface area contributed by atoms with Gasteiger partial charge in [-0.2, -0.15) is 0 Å². The minimum Gasteiger partial charge on any atom is -0.478 e. The summed E-state index contributed by atoms with van der Waals surface area (Å²) in [4.78, 5) is 34.3. The summed E-state index contributed by atoms with van der Waals surface area (Å²) in [6, 6.07) is 5.65. The average Bonchev–Trinajstić information content (AvgIpc) is 2.44. The fourth-order valence-electron chi connectivity index (χ4n) is 1.72. The molecule has 0 bridgehead atoms. The molecular weight excluding hydrogens is 315 g/mol. The number of rotatable bonds is 4. The number of nitrogens with zero attached hydrogens (tertiary/aromatic N) is 1. The number of nitrogens with one attached hydrogen (secondary N) is 1. The highest BCUT2D eigenvalue weighted by atomic mass is 35.5. The van der Waals surface area contributed by atoms with Gasteiger partial charge in [-0.25, -0.2) is 9.18 Å². The molecule has 0 saturated carbocycles. The van der Waals surface area contributed by atoms with Crippen LogP contribution in [0.1, 0.15) is 10.4 Å². The van der Waals surface area contributed by atoms with Crippen molar-refractivity contribution < 1.29 is 19.1 Å². The monoisotopic (exact) mass is 324 g/mol. The number of hydrogen-bond donors (Lipinski definition) is 2. The van der Waals surface area contributed by atoms with Gasteiger partial charge in [0.1, 0.15) is 12.4 Å². The average molecular weight is 325 g/mol. The second-order valence-electron chi connectivity index (χ2n) is 4.36. The number of amides is 1. The highest BCUT2D eigenvalue weighted by molar-refractivity contribution is 6.33. The van der Waals surface area contributed by atoms with Gasteiger partial charge in [0.05, 0.1) is 16.3 Å². The molecule has 1 aromatic carbocycles. The first-order valence-corrected chi connectivity index (χ1v) is 6.43. The van der Waals surface area contributed by atoms with Gasteiger partial charge >= 0.3 is 5.97 Å². The van der Waals surface area contributed by atoms with Crippen LogP contribution in [0.4, 0.5) is 10.1 Å². The fourth-order valence-corrected chi connectivity index (χ4v) is 1.93. The van der Waals surface area contributed by atoms with Crippen molar-refractivity contribution in [2.24, 2.45) is 0 Å². The molecule has 22 heavy (non-hydrogen) atoms. The van der Waals surface area contributed by atoms with Crippen molar-refractivity contribution in [3.8, 4) is 0 Å². The third-order valence-electron chi connectivity index (χ3n) is 2.75. The Balaban J connectivity index is 2.17. The molecule has 1 heterocycles. The van der Waals surface area contributed by atoms with Gasteiger partial charge in [-0.15, -0.1) is 0 Å². The van der Waals surface area contributed by atoms with Crippen molar-refractivity contribution in [2.45, 2.75) is 6.54 Å². The Kier molecular flexibility index (Phi) is 4.57. The highest BCUT2D eigenvalue weighted by Crippen LogP contribution is 2.22. The summed E-state index contributed by atoms with van der Waals surface area (Å²) in [5.74, 6) is -2.36. The lowest BCUT2D eigenvalue weighted by Crippen LogP contribution is -2.27. The highest BCUT2D eigenvalue weighted by Gasteiger charge is 2.10. The summed E-state index contributed by atoms with van der Waals surface area (Å²) >= 11 is 5.77. The number of pyridine rings is 1. The number of carbonyl (C=O) groups excluding carboxylic acids is 1. The number of benzene rings is 1. The van der Waals surface area contributed by atoms with Crippen LogP contribution < -0.4 is 10.9 Å². The zero-order valence-electron chi connectivity index (χ0n) is 11.0. The van der Waals surface area contributed by atoms with E-state index in [0.29, 0.717) is 0 Å². The van der Waals surface area contributed by atoms with Crippen molar-refractivity contribution in [1.82, 2.24) is 4.57 Å². The summed E-state index contributed by atoms with van der Waals surface area (Å²) in [7, 11) is 0. The first kappa shape index (κ1) is 15.7. The Bertz CT molecular complexity index is 804. The van der Waals surface area contributed by atoms with Crippen LogP contribution in [0.5, 0.6) is 0 Å². The van der Waals surface area contributed by atoms with E-state index < -0.39 is 29.8 Å². The normalized spacial score (nSPS) is 10.3. The molecule has 0 spiro atoms. The lowest BCUT2D eigenvalue weighted by molar-refractivity contribution is -0.116. The number of carboxylic acids is 1. The Hall–Kier alpha value is -2.67. The standard InChI is InChI=1S/C14H10ClFN2O4/c15-10-5-9(16)2-3-11(10)17-12(19)7-18-6-8(14(21)22)1-4-13(18)20/h1-6H,7H2,(H,17,19)(H,21,22). The zero-order valence-corrected chi connectivity index (χ0v) is 11.8. The largest absolute Gasteiger partial charge is 0.478 e. The molecule has 2 aromatic rings. The summed E-state index contributed by atoms with van der Waals surface area (Å²) in [5, 5.41) is 11.3. The second kappa shape index (κ2) is 6.40. The first-order valence-electron chi connectivity index (χ1n) is 6.05. The molecule has 0 unspecified atom stereocenters. The zero-order chi connectivity index (χ0) is 16.3. The second-order valence-corrected chi connectivity index (χ2v) is 4.77. The van der Waals surface area contributed by atoms with E-state index in [1.807, 2.05) is 0 Å². The summed E-state index contributed by atoms with van der Waals surface area (Å²) in [5.41, 5.74) is -0.451. The quantitative estimate of drug-likeness (QED) is 0.900. The molecule has 1 amide bonds. The Morgan fingerprint density at radius 1 is 1.27 bits per heavy atom. The molecule has 0 saturated heterocycles. The molecule has 0 fully saturated rings. The lowest BCUT2D eigenvalue weighted by Gasteiger charge is -2.09. The van der Waals surface area contributed by atoms with Crippen LogP contribution in [-0.4, -0.2) is 21.6 Å². The van der Waals surface area contributed by atoms with Gasteiger partial charge < -0.3 is 15.0 Å². The molecular formula is C14H10ClFN2O4. The van der Waals surface area contributed by atoms with Crippen LogP contribution in [0.2, 0.25) is 5.02 Å². The molecule has 0 aliphatic rings. The lowest BCUT2D eigenvalue weighted by atomic mass is 10.3. The number of anilines is 1. The van der Waals surface area contributed by atoms with Gasteiger partial charge in [-0.05, 0) is 24.3 Å². The first-order chi connectivity index (χ1) is 10.4. The topological polar surface area (TPSA) is 88.4 Å². The van der Waals surface area contributed by atoms with E-state index in [2.05, 4.69) is 5.32 Å². The number of halogens is 2. The Morgan fingerprint density at radius 2 is 2.00 bits per heavy atom. The molecule has 8 heteroatoms. The van der Waals surface area contributed by atoms with Gasteiger partial charge in [0.25, 0.3) is 5.56 Å². The van der Waals surface area contributed by atoms with Crippen LogP contribution in [-0.2, 0) is 11.3 Å². The van der Waals surface area contributed by atoms with Gasteiger partial charge in [-0.3, -0.25) is 9.59 Å². The third-order valence-corrected chi connectivity index (χ3v) is 3.06. The van der Waals surface area contributed by atoms with Gasteiger partial charge in [-0.1, -0.05) is 11.6 Å². The maximum absolute atomic E-state index is 12.9. The summed E-state index contributed by atoms with van der Waals surface area (Å²) < 4.78 is 13.9. The predicted molar refractivity (Wildman–Crippen MR) is 77.7 cm³/mol. The van der Waals surface area contributed by atoms with E-state index in [1.54, 1.807) is 0 Å². The maximum atomic E-state index is 12.9. The fraction of sp³-hybridized carbons (Fsp3) is 0.0714. The molecule has 0 atom stereocenters. The van der Waals surface area contributed by atoms with Crippen molar-refractivity contribution in [1.29, 1.82) is 0 Å². The number of carbonyl (C=O) groups is 2. The molecule has 0 aliphatic heterocycles. The summed E-state index contributed by atoms with van der Waals surface area (Å²) in [6.07, 6.45) is 1.07. The summed E-state index contributed by atoms with van der Waals surface area (Å²) in [6.45, 7) is -0.395. The Labute approximate surface area is 128 Å². The van der Waals surface area contributed by atoms with Crippen molar-refractivity contribution in [2.75, 3.05) is 5.32 Å². The van der Waals surface area contributed by atoms with E-state index in [-0.39, 0.29) is 16.3 Å². The van der Waals surface area contributed by atoms with E-state index in [1.165, 1.54) is 6.07 Å². The van der Waals surface area contributed by atoms with Crippen LogP contribution in [0.25, 0.3) is 0 Å². The molecule has 0 aliphatic carbocycles. The van der Waals surface area contributed by atoms with E-state index in [0.717, 1.165) is 35.0 Å². The van der Waals surface area contributed by atoms with Crippen LogP contribution in [0.3, 0.4) is 0 Å². The van der Waals surface area contributed by atoms with E-state index in [9.17, 15) is 18.8 Å². The molecule has 2 rings (SSSR count). The van der Waals surface area contributed by atoms with Crippen molar-refractivity contribution >= 4 is 29.2 Å². The van der Waals surface area contributed by atoms with Crippen LogP contribution in [0, 0.1) is 5.82 Å². The maximum Gasteiger partial charge on any atom is 0.337 e. The van der Waals surface area contributed by atoms with Crippen LogP contribution in [0.15, 0.2) is 41.3 Å². The van der Waals surface area contributed by atoms with Gasteiger partial charge in [0.2, 0.25) is 5.91 Å². The number of carboxylic acid groups (broad SMARTS) is 1. The van der Waals surface area contributed by atoms with Crippen molar-refractivity contribution in [3.05, 3.63) is 63.3 Å². The Morgan fingerprint density at radius 3 is 2.64 bits per heavy atom. The molecule has 114 valence electrons. The minimum atomic E-state index is -1.21. The number of aromatic nitrogens is 1.